The van der Waals surface area contributed by atoms with E-state index in [1.165, 1.54) is 0 Å². The van der Waals surface area contributed by atoms with E-state index in [-0.39, 0.29) is 18.4 Å². The van der Waals surface area contributed by atoms with E-state index in [4.69, 9.17) is 16.3 Å². The molecule has 6 heteroatoms. The average molecular weight is 311 g/mol. The van der Waals surface area contributed by atoms with Crippen molar-refractivity contribution in [3.05, 3.63) is 34.3 Å². The lowest BCUT2D eigenvalue weighted by Gasteiger charge is -2.15. The molecular formula is C15H19ClN2O3. The summed E-state index contributed by atoms with van der Waals surface area (Å²) in [6.07, 6.45) is 2.07. The Morgan fingerprint density at radius 3 is 2.67 bits per heavy atom. The van der Waals surface area contributed by atoms with Crippen molar-refractivity contribution in [1.29, 1.82) is 0 Å². The highest BCUT2D eigenvalue weighted by Gasteiger charge is 2.19. The Morgan fingerprint density at radius 2 is 2.05 bits per heavy atom. The molecule has 1 saturated heterocycles. The summed E-state index contributed by atoms with van der Waals surface area (Å²) in [7, 11) is 1.60. The van der Waals surface area contributed by atoms with Gasteiger partial charge in [0.1, 0.15) is 0 Å². The van der Waals surface area contributed by atoms with Crippen molar-refractivity contribution in [3.63, 3.8) is 0 Å². The standard InChI is InChI=1S/C15H19ClN2O3/c1-21-10-11-4-5-12(13(16)8-11)15(20)17-9-14(19)18-6-2-3-7-18/h4-5,8H,2-3,6-7,9-10H2,1H3,(H,17,20). The van der Waals surface area contributed by atoms with Crippen molar-refractivity contribution in [2.75, 3.05) is 26.7 Å². The van der Waals surface area contributed by atoms with Crippen molar-refractivity contribution in [3.8, 4) is 0 Å². The number of rotatable bonds is 5. The molecule has 0 spiro atoms. The fourth-order valence-electron chi connectivity index (χ4n) is 2.33. The average Bonchev–Trinajstić information content (AvgIpc) is 2.99. The summed E-state index contributed by atoms with van der Waals surface area (Å²) >= 11 is 6.09. The van der Waals surface area contributed by atoms with E-state index in [2.05, 4.69) is 5.32 Å². The van der Waals surface area contributed by atoms with Crippen LogP contribution in [0.2, 0.25) is 5.02 Å². The molecule has 0 aliphatic carbocycles. The van der Waals surface area contributed by atoms with Crippen LogP contribution in [0.3, 0.4) is 0 Å². The van der Waals surface area contributed by atoms with Gasteiger partial charge in [-0.1, -0.05) is 17.7 Å². The minimum Gasteiger partial charge on any atom is -0.380 e. The first-order chi connectivity index (χ1) is 10.1. The predicted octanol–water partition coefficient (Wildman–Crippen LogP) is 1.84. The van der Waals surface area contributed by atoms with Crippen LogP contribution in [0.1, 0.15) is 28.8 Å². The molecule has 114 valence electrons. The molecule has 2 amide bonds. The summed E-state index contributed by atoms with van der Waals surface area (Å²) in [6.45, 7) is 2.01. The Morgan fingerprint density at radius 1 is 1.33 bits per heavy atom. The van der Waals surface area contributed by atoms with Crippen LogP contribution in [0.4, 0.5) is 0 Å². The van der Waals surface area contributed by atoms with E-state index >= 15 is 0 Å². The molecule has 1 heterocycles. The number of nitrogens with one attached hydrogen (secondary N) is 1. The van der Waals surface area contributed by atoms with E-state index in [1.54, 1.807) is 30.2 Å². The molecule has 1 N–H and O–H groups in total. The molecule has 1 fully saturated rings. The summed E-state index contributed by atoms with van der Waals surface area (Å²) < 4.78 is 5.01. The zero-order valence-corrected chi connectivity index (χ0v) is 12.8. The monoisotopic (exact) mass is 310 g/mol. The number of methoxy groups -OCH3 is 1. The molecule has 21 heavy (non-hydrogen) atoms. The topological polar surface area (TPSA) is 58.6 Å². The minimum absolute atomic E-state index is 0.00891. The first kappa shape index (κ1) is 15.8. The molecule has 0 atom stereocenters. The van der Waals surface area contributed by atoms with Gasteiger partial charge >= 0.3 is 0 Å². The van der Waals surface area contributed by atoms with Gasteiger partial charge in [-0.2, -0.15) is 0 Å². The van der Waals surface area contributed by atoms with Gasteiger partial charge in [0.15, 0.2) is 0 Å². The molecule has 1 aliphatic rings. The van der Waals surface area contributed by atoms with E-state index in [1.807, 2.05) is 0 Å². The molecule has 1 aliphatic heterocycles. The number of amides is 2. The number of hydrogen-bond acceptors (Lipinski definition) is 3. The van der Waals surface area contributed by atoms with Crippen molar-refractivity contribution in [1.82, 2.24) is 10.2 Å². The molecule has 0 radical (unpaired) electrons. The second-order valence-corrected chi connectivity index (χ2v) is 5.42. The molecule has 2 rings (SSSR count). The summed E-state index contributed by atoms with van der Waals surface area (Å²) in [5.74, 6) is -0.385. The maximum atomic E-state index is 12.1. The highest BCUT2D eigenvalue weighted by atomic mass is 35.5. The molecule has 0 unspecified atom stereocenters. The number of halogens is 1. The molecule has 0 saturated carbocycles. The van der Waals surface area contributed by atoms with E-state index in [0.717, 1.165) is 31.5 Å². The molecule has 1 aromatic rings. The number of benzene rings is 1. The zero-order chi connectivity index (χ0) is 15.2. The Labute approximate surface area is 129 Å². The van der Waals surface area contributed by atoms with Gasteiger partial charge in [0.05, 0.1) is 23.7 Å². The van der Waals surface area contributed by atoms with Crippen molar-refractivity contribution in [2.24, 2.45) is 0 Å². The van der Waals surface area contributed by atoms with Gasteiger partial charge in [-0.25, -0.2) is 0 Å². The lowest BCUT2D eigenvalue weighted by Crippen LogP contribution is -2.38. The van der Waals surface area contributed by atoms with Crippen molar-refractivity contribution in [2.45, 2.75) is 19.4 Å². The van der Waals surface area contributed by atoms with Crippen LogP contribution in [0.5, 0.6) is 0 Å². The smallest absolute Gasteiger partial charge is 0.253 e. The van der Waals surface area contributed by atoms with E-state index in [9.17, 15) is 9.59 Å². The van der Waals surface area contributed by atoms with Gasteiger partial charge in [-0.15, -0.1) is 0 Å². The Kier molecular flexibility index (Phi) is 5.59. The van der Waals surface area contributed by atoms with E-state index < -0.39 is 0 Å². The Balaban J connectivity index is 1.92. The predicted molar refractivity (Wildman–Crippen MR) is 80.3 cm³/mol. The summed E-state index contributed by atoms with van der Waals surface area (Å²) in [4.78, 5) is 25.7. The van der Waals surface area contributed by atoms with Crippen LogP contribution < -0.4 is 5.32 Å². The van der Waals surface area contributed by atoms with Crippen LogP contribution in [0.25, 0.3) is 0 Å². The van der Waals surface area contributed by atoms with Crippen LogP contribution in [-0.2, 0) is 16.1 Å². The van der Waals surface area contributed by atoms with E-state index in [0.29, 0.717) is 17.2 Å². The quantitative estimate of drug-likeness (QED) is 0.903. The van der Waals surface area contributed by atoms with Gasteiger partial charge in [0, 0.05) is 20.2 Å². The second kappa shape index (κ2) is 7.43. The minimum atomic E-state index is -0.337. The number of nitrogens with zero attached hydrogens (tertiary/aromatic N) is 1. The lowest BCUT2D eigenvalue weighted by atomic mass is 10.1. The Bertz CT molecular complexity index is 528. The first-order valence-electron chi connectivity index (χ1n) is 6.95. The third kappa shape index (κ3) is 4.19. The molecule has 0 aromatic heterocycles. The van der Waals surface area contributed by atoms with Gasteiger partial charge in [0.2, 0.25) is 5.91 Å². The summed E-state index contributed by atoms with van der Waals surface area (Å²) in [6, 6.07) is 5.13. The first-order valence-corrected chi connectivity index (χ1v) is 7.33. The van der Waals surface area contributed by atoms with Crippen LogP contribution >= 0.6 is 11.6 Å². The number of carbonyl (C=O) groups is 2. The molecule has 5 nitrogen and oxygen atoms in total. The zero-order valence-electron chi connectivity index (χ0n) is 12.0. The number of hydrogen-bond donors (Lipinski definition) is 1. The third-order valence-corrected chi connectivity index (χ3v) is 3.76. The van der Waals surface area contributed by atoms with Crippen LogP contribution in [-0.4, -0.2) is 43.5 Å². The number of likely N-dealkylation sites (tertiary alicyclic amines) is 1. The lowest BCUT2D eigenvalue weighted by molar-refractivity contribution is -0.129. The highest BCUT2D eigenvalue weighted by molar-refractivity contribution is 6.33. The normalized spacial score (nSPS) is 14.3. The number of ether oxygens (including phenoxy) is 1. The fourth-order valence-corrected chi connectivity index (χ4v) is 2.62. The molecule has 0 bridgehead atoms. The summed E-state index contributed by atoms with van der Waals surface area (Å²) in [5, 5.41) is 2.98. The van der Waals surface area contributed by atoms with Gasteiger partial charge in [-0.3, -0.25) is 9.59 Å². The van der Waals surface area contributed by atoms with Gasteiger partial charge < -0.3 is 15.0 Å². The Hall–Kier alpha value is -1.59. The maximum absolute atomic E-state index is 12.1. The molecular weight excluding hydrogens is 292 g/mol. The van der Waals surface area contributed by atoms with Gasteiger partial charge in [-0.05, 0) is 30.5 Å². The number of carbonyl (C=O) groups excluding carboxylic acids is 2. The molecule has 1 aromatic carbocycles. The van der Waals surface area contributed by atoms with Crippen LogP contribution in [0, 0.1) is 0 Å². The highest BCUT2D eigenvalue weighted by Crippen LogP contribution is 2.18. The third-order valence-electron chi connectivity index (χ3n) is 3.45. The van der Waals surface area contributed by atoms with Crippen LogP contribution in [0.15, 0.2) is 18.2 Å². The maximum Gasteiger partial charge on any atom is 0.253 e. The largest absolute Gasteiger partial charge is 0.380 e. The van der Waals surface area contributed by atoms with Crippen molar-refractivity contribution < 1.29 is 14.3 Å². The SMILES string of the molecule is COCc1ccc(C(=O)NCC(=O)N2CCCC2)c(Cl)c1. The van der Waals surface area contributed by atoms with Gasteiger partial charge in [0.25, 0.3) is 5.91 Å². The second-order valence-electron chi connectivity index (χ2n) is 5.02. The fraction of sp³-hybridized carbons (Fsp3) is 0.467. The van der Waals surface area contributed by atoms with Crippen molar-refractivity contribution >= 4 is 23.4 Å². The summed E-state index contributed by atoms with van der Waals surface area (Å²) in [5.41, 5.74) is 1.26.